The monoisotopic (exact) mass is 238 g/mol. The summed E-state index contributed by atoms with van der Waals surface area (Å²) in [4.78, 5) is 3.73. The molecule has 1 heterocycles. The van der Waals surface area contributed by atoms with E-state index in [2.05, 4.69) is 4.98 Å². The largest absolute Gasteiger partial charge is 0.417 e. The van der Waals surface area contributed by atoms with Gasteiger partial charge in [0.1, 0.15) is 0 Å². The molecule has 2 nitrogen and oxygen atoms in total. The minimum absolute atomic E-state index is 0. The highest BCUT2D eigenvalue weighted by molar-refractivity contribution is 5.85. The topological polar surface area (TPSA) is 38.9 Å². The minimum atomic E-state index is -4.32. The molecule has 15 heavy (non-hydrogen) atoms. The lowest BCUT2D eigenvalue weighted by atomic mass is 10.1. The third kappa shape index (κ3) is 2.41. The Morgan fingerprint density at radius 2 is 1.87 bits per heavy atom. The van der Waals surface area contributed by atoms with Gasteiger partial charge in [0, 0.05) is 6.20 Å². The van der Waals surface area contributed by atoms with E-state index in [9.17, 15) is 13.2 Å². The van der Waals surface area contributed by atoms with E-state index in [4.69, 9.17) is 5.73 Å². The molecule has 0 amide bonds. The summed E-state index contributed by atoms with van der Waals surface area (Å²) in [6.45, 7) is 0. The van der Waals surface area contributed by atoms with Gasteiger partial charge in [-0.05, 0) is 25.0 Å². The predicted octanol–water partition coefficient (Wildman–Crippen LogP) is 2.47. The Balaban J connectivity index is 0.00000112. The molecule has 0 aromatic carbocycles. The van der Waals surface area contributed by atoms with Crippen LogP contribution in [0.5, 0.6) is 0 Å². The third-order valence-corrected chi connectivity index (χ3v) is 2.39. The van der Waals surface area contributed by atoms with Crippen LogP contribution in [0.1, 0.15) is 24.1 Å². The lowest BCUT2D eigenvalue weighted by molar-refractivity contribution is -0.137. The number of nitrogens with two attached hydrogens (primary N) is 1. The van der Waals surface area contributed by atoms with Crippen molar-refractivity contribution < 1.29 is 13.2 Å². The molecule has 0 radical (unpaired) electrons. The first-order valence-corrected chi connectivity index (χ1v) is 4.24. The number of hydrogen-bond donors (Lipinski definition) is 1. The van der Waals surface area contributed by atoms with Crippen molar-refractivity contribution in [1.29, 1.82) is 0 Å². The zero-order chi connectivity index (χ0) is 10.4. The summed E-state index contributed by atoms with van der Waals surface area (Å²) in [6, 6.07) is 2.38. The van der Waals surface area contributed by atoms with Gasteiger partial charge >= 0.3 is 6.18 Å². The van der Waals surface area contributed by atoms with Crippen molar-refractivity contribution in [3.63, 3.8) is 0 Å². The van der Waals surface area contributed by atoms with Crippen molar-refractivity contribution in [2.75, 3.05) is 0 Å². The molecule has 1 aromatic rings. The van der Waals surface area contributed by atoms with Crippen LogP contribution in [-0.2, 0) is 11.7 Å². The van der Waals surface area contributed by atoms with Crippen LogP contribution in [0.15, 0.2) is 18.3 Å². The van der Waals surface area contributed by atoms with E-state index < -0.39 is 17.3 Å². The van der Waals surface area contributed by atoms with E-state index in [-0.39, 0.29) is 12.4 Å². The molecule has 1 aliphatic rings. The second kappa shape index (κ2) is 3.64. The first kappa shape index (κ1) is 12.3. The molecular weight excluding hydrogens is 229 g/mol. The van der Waals surface area contributed by atoms with E-state index in [1.165, 1.54) is 6.07 Å². The average molecular weight is 239 g/mol. The van der Waals surface area contributed by atoms with Crippen LogP contribution in [0.25, 0.3) is 0 Å². The molecule has 2 N–H and O–H groups in total. The number of hydrogen-bond acceptors (Lipinski definition) is 2. The van der Waals surface area contributed by atoms with E-state index in [1.807, 2.05) is 0 Å². The first-order valence-electron chi connectivity index (χ1n) is 4.24. The molecule has 2 rings (SSSR count). The van der Waals surface area contributed by atoms with Crippen molar-refractivity contribution in [3.05, 3.63) is 29.6 Å². The second-order valence-electron chi connectivity index (χ2n) is 3.59. The Labute approximate surface area is 91.1 Å². The van der Waals surface area contributed by atoms with Crippen molar-refractivity contribution in [2.45, 2.75) is 24.6 Å². The van der Waals surface area contributed by atoms with Gasteiger partial charge in [0.05, 0.1) is 16.8 Å². The minimum Gasteiger partial charge on any atom is -0.320 e. The van der Waals surface area contributed by atoms with Gasteiger partial charge in [-0.25, -0.2) is 0 Å². The molecule has 1 saturated carbocycles. The Morgan fingerprint density at radius 3 is 2.20 bits per heavy atom. The summed E-state index contributed by atoms with van der Waals surface area (Å²) < 4.78 is 36.5. The number of aromatic nitrogens is 1. The van der Waals surface area contributed by atoms with Crippen molar-refractivity contribution >= 4 is 12.4 Å². The highest BCUT2D eigenvalue weighted by Crippen LogP contribution is 2.42. The van der Waals surface area contributed by atoms with Crippen molar-refractivity contribution in [1.82, 2.24) is 4.98 Å². The van der Waals surface area contributed by atoms with Crippen LogP contribution >= 0.6 is 12.4 Å². The van der Waals surface area contributed by atoms with Gasteiger partial charge in [-0.15, -0.1) is 12.4 Å². The highest BCUT2D eigenvalue weighted by Gasteiger charge is 2.42. The lowest BCUT2D eigenvalue weighted by Crippen LogP contribution is -2.20. The Hall–Kier alpha value is -0.810. The third-order valence-electron chi connectivity index (χ3n) is 2.39. The number of rotatable bonds is 1. The Bertz CT molecular complexity index is 319. The Kier molecular flexibility index (Phi) is 2.98. The maximum absolute atomic E-state index is 12.2. The van der Waals surface area contributed by atoms with Crippen molar-refractivity contribution in [2.24, 2.45) is 5.73 Å². The highest BCUT2D eigenvalue weighted by atomic mass is 35.5. The second-order valence-corrected chi connectivity index (χ2v) is 3.59. The van der Waals surface area contributed by atoms with Crippen LogP contribution in [0.2, 0.25) is 0 Å². The molecule has 6 heteroatoms. The maximum atomic E-state index is 12.2. The zero-order valence-corrected chi connectivity index (χ0v) is 8.53. The molecule has 0 atom stereocenters. The summed E-state index contributed by atoms with van der Waals surface area (Å²) in [6.07, 6.45) is -1.89. The summed E-state index contributed by atoms with van der Waals surface area (Å²) in [5.74, 6) is 0. The van der Waals surface area contributed by atoms with E-state index in [0.29, 0.717) is 5.69 Å². The van der Waals surface area contributed by atoms with E-state index in [1.54, 1.807) is 0 Å². The van der Waals surface area contributed by atoms with Gasteiger partial charge in [-0.3, -0.25) is 4.98 Å². The summed E-state index contributed by atoms with van der Waals surface area (Å²) >= 11 is 0. The van der Waals surface area contributed by atoms with Gasteiger partial charge in [-0.1, -0.05) is 0 Å². The number of alkyl halides is 3. The number of pyridine rings is 1. The lowest BCUT2D eigenvalue weighted by Gasteiger charge is -2.10. The standard InChI is InChI=1S/C9H9F3N2.ClH/c10-9(11,12)6-1-2-7(14-5-6)8(13)3-4-8;/h1-2,5H,3-4,13H2;1H. The molecule has 84 valence electrons. The molecule has 0 bridgehead atoms. The number of nitrogens with zero attached hydrogens (tertiary/aromatic N) is 1. The van der Waals surface area contributed by atoms with Crippen LogP contribution in [0.3, 0.4) is 0 Å². The van der Waals surface area contributed by atoms with Crippen LogP contribution < -0.4 is 5.73 Å². The normalized spacial score (nSPS) is 18.1. The van der Waals surface area contributed by atoms with Gasteiger partial charge < -0.3 is 5.73 Å². The molecule has 1 fully saturated rings. The molecule has 0 aliphatic heterocycles. The van der Waals surface area contributed by atoms with Crippen LogP contribution in [0.4, 0.5) is 13.2 Å². The van der Waals surface area contributed by atoms with Crippen LogP contribution in [-0.4, -0.2) is 4.98 Å². The van der Waals surface area contributed by atoms with Gasteiger partial charge in [0.2, 0.25) is 0 Å². The summed E-state index contributed by atoms with van der Waals surface area (Å²) in [5, 5.41) is 0. The van der Waals surface area contributed by atoms with Gasteiger partial charge in [0.25, 0.3) is 0 Å². The zero-order valence-electron chi connectivity index (χ0n) is 7.71. The maximum Gasteiger partial charge on any atom is 0.417 e. The smallest absolute Gasteiger partial charge is 0.320 e. The molecular formula is C9H10ClF3N2. The quantitative estimate of drug-likeness (QED) is 0.816. The molecule has 1 aliphatic carbocycles. The molecule has 0 spiro atoms. The first-order chi connectivity index (χ1) is 6.42. The van der Waals surface area contributed by atoms with Gasteiger partial charge in [-0.2, -0.15) is 13.2 Å². The summed E-state index contributed by atoms with van der Waals surface area (Å²) in [5.41, 5.74) is 5.13. The SMILES string of the molecule is Cl.NC1(c2ccc(C(F)(F)F)cn2)CC1. The number of halogens is 4. The molecule has 0 saturated heterocycles. The predicted molar refractivity (Wildman–Crippen MR) is 51.6 cm³/mol. The molecule has 0 unspecified atom stereocenters. The fourth-order valence-electron chi connectivity index (χ4n) is 1.25. The fraction of sp³-hybridized carbons (Fsp3) is 0.444. The fourth-order valence-corrected chi connectivity index (χ4v) is 1.25. The molecule has 1 aromatic heterocycles. The van der Waals surface area contributed by atoms with E-state index >= 15 is 0 Å². The van der Waals surface area contributed by atoms with Crippen LogP contribution in [0, 0.1) is 0 Å². The van der Waals surface area contributed by atoms with Gasteiger partial charge in [0.15, 0.2) is 0 Å². The van der Waals surface area contributed by atoms with Crippen molar-refractivity contribution in [3.8, 4) is 0 Å². The van der Waals surface area contributed by atoms with E-state index in [0.717, 1.165) is 25.1 Å². The summed E-state index contributed by atoms with van der Waals surface area (Å²) in [7, 11) is 0. The average Bonchev–Trinajstić information content (AvgIpc) is 2.84. The Morgan fingerprint density at radius 1 is 1.27 bits per heavy atom.